The van der Waals surface area contributed by atoms with Gasteiger partial charge in [0.25, 0.3) is 5.91 Å². The van der Waals surface area contributed by atoms with Gasteiger partial charge < -0.3 is 15.5 Å². The Bertz CT molecular complexity index is 1230. The number of anilines is 3. The van der Waals surface area contributed by atoms with E-state index in [4.69, 9.17) is 0 Å². The Morgan fingerprint density at radius 1 is 0.812 bits per heavy atom. The summed E-state index contributed by atoms with van der Waals surface area (Å²) in [4.78, 5) is 27.3. The van der Waals surface area contributed by atoms with Crippen molar-refractivity contribution in [2.75, 3.05) is 28.6 Å². The molecule has 0 aromatic heterocycles. The molecule has 0 radical (unpaired) electrons. The van der Waals surface area contributed by atoms with Gasteiger partial charge in [0.1, 0.15) is 0 Å². The van der Waals surface area contributed by atoms with Crippen LogP contribution in [0.2, 0.25) is 0 Å². The number of para-hydroxylation sites is 1. The molecule has 0 bridgehead atoms. The average Bonchev–Trinajstić information content (AvgIpc) is 2.84. The molecule has 5 nitrogen and oxygen atoms in total. The Hall–Kier alpha value is -4.12. The number of nitrogens with zero attached hydrogens (tertiary/aromatic N) is 1. The number of carbonyl (C=O) groups excluding carboxylic acids is 2. The van der Waals surface area contributed by atoms with Crippen LogP contribution in [0, 0.1) is 0 Å². The van der Waals surface area contributed by atoms with Gasteiger partial charge >= 0.3 is 0 Å². The van der Waals surface area contributed by atoms with Crippen molar-refractivity contribution in [1.29, 1.82) is 0 Å². The van der Waals surface area contributed by atoms with Crippen LogP contribution in [0.1, 0.15) is 17.3 Å². The van der Waals surface area contributed by atoms with E-state index in [0.29, 0.717) is 17.8 Å². The minimum Gasteiger partial charge on any atom is -0.376 e. The number of benzene rings is 4. The maximum Gasteiger partial charge on any atom is 0.258 e. The molecule has 4 aromatic carbocycles. The van der Waals surface area contributed by atoms with Crippen LogP contribution in [-0.2, 0) is 4.79 Å². The van der Waals surface area contributed by atoms with Gasteiger partial charge in [-0.15, -0.1) is 0 Å². The second-order valence-electron chi connectivity index (χ2n) is 7.39. The molecule has 0 saturated heterocycles. The third kappa shape index (κ3) is 4.78. The molecule has 0 aliphatic carbocycles. The van der Waals surface area contributed by atoms with E-state index in [0.717, 1.165) is 22.1 Å². The third-order valence-corrected chi connectivity index (χ3v) is 5.26. The molecule has 160 valence electrons. The maximum atomic E-state index is 13.1. The van der Waals surface area contributed by atoms with Gasteiger partial charge in [0.15, 0.2) is 0 Å². The Morgan fingerprint density at radius 3 is 2.34 bits per heavy atom. The van der Waals surface area contributed by atoms with E-state index in [1.165, 1.54) is 0 Å². The van der Waals surface area contributed by atoms with Crippen molar-refractivity contribution in [3.8, 4) is 0 Å². The fourth-order valence-electron chi connectivity index (χ4n) is 3.68. The zero-order valence-corrected chi connectivity index (χ0v) is 17.9. The highest BCUT2D eigenvalue weighted by Gasteiger charge is 2.16. The van der Waals surface area contributed by atoms with Crippen LogP contribution < -0.4 is 15.5 Å². The van der Waals surface area contributed by atoms with Crippen molar-refractivity contribution in [2.45, 2.75) is 6.92 Å². The molecule has 0 aliphatic rings. The first-order chi connectivity index (χ1) is 15.7. The molecule has 32 heavy (non-hydrogen) atoms. The van der Waals surface area contributed by atoms with Crippen molar-refractivity contribution in [3.63, 3.8) is 0 Å². The largest absolute Gasteiger partial charge is 0.376 e. The molecule has 0 spiro atoms. The van der Waals surface area contributed by atoms with Gasteiger partial charge in [0, 0.05) is 34.6 Å². The van der Waals surface area contributed by atoms with E-state index < -0.39 is 0 Å². The molecule has 2 N–H and O–H groups in total. The summed E-state index contributed by atoms with van der Waals surface area (Å²) in [6.07, 6.45) is 0. The van der Waals surface area contributed by atoms with Crippen LogP contribution in [0.25, 0.3) is 10.8 Å². The minimum absolute atomic E-state index is 0.0810. The molecule has 0 unspecified atom stereocenters. The first-order valence-electron chi connectivity index (χ1n) is 10.6. The number of nitrogens with one attached hydrogen (secondary N) is 2. The molecule has 0 saturated carbocycles. The topological polar surface area (TPSA) is 61.4 Å². The fraction of sp³-hybridized carbons (Fsp3) is 0.111. The quantitative estimate of drug-likeness (QED) is 0.409. The normalized spacial score (nSPS) is 10.5. The summed E-state index contributed by atoms with van der Waals surface area (Å²) in [6.45, 7) is 2.61. The number of amides is 2. The van der Waals surface area contributed by atoms with Gasteiger partial charge in [-0.1, -0.05) is 60.7 Å². The van der Waals surface area contributed by atoms with E-state index in [2.05, 4.69) is 10.6 Å². The Balaban J connectivity index is 1.42. The number of hydrogen-bond acceptors (Lipinski definition) is 3. The summed E-state index contributed by atoms with van der Waals surface area (Å²) in [7, 11) is 0. The van der Waals surface area contributed by atoms with Crippen molar-refractivity contribution >= 4 is 39.6 Å². The lowest BCUT2D eigenvalue weighted by Crippen LogP contribution is -2.30. The van der Waals surface area contributed by atoms with E-state index in [-0.39, 0.29) is 18.4 Å². The van der Waals surface area contributed by atoms with Crippen molar-refractivity contribution in [3.05, 3.63) is 103 Å². The first kappa shape index (κ1) is 21.1. The second kappa shape index (κ2) is 9.79. The molecule has 0 atom stereocenters. The van der Waals surface area contributed by atoms with Crippen molar-refractivity contribution in [2.24, 2.45) is 0 Å². The molecule has 2 amide bonds. The Kier molecular flexibility index (Phi) is 6.46. The van der Waals surface area contributed by atoms with Gasteiger partial charge in [-0.3, -0.25) is 9.59 Å². The summed E-state index contributed by atoms with van der Waals surface area (Å²) >= 11 is 0. The molecule has 0 aliphatic heterocycles. The van der Waals surface area contributed by atoms with E-state index >= 15 is 0 Å². The van der Waals surface area contributed by atoms with Crippen molar-refractivity contribution in [1.82, 2.24) is 0 Å². The third-order valence-electron chi connectivity index (χ3n) is 5.26. The smallest absolute Gasteiger partial charge is 0.258 e. The molecular weight excluding hydrogens is 398 g/mol. The van der Waals surface area contributed by atoms with Gasteiger partial charge in [0.05, 0.1) is 6.54 Å². The van der Waals surface area contributed by atoms with Gasteiger partial charge in [-0.25, -0.2) is 0 Å². The predicted octanol–water partition coefficient (Wildman–Crippen LogP) is 5.56. The van der Waals surface area contributed by atoms with Crippen LogP contribution in [0.3, 0.4) is 0 Å². The van der Waals surface area contributed by atoms with Gasteiger partial charge in [-0.05, 0) is 48.7 Å². The Labute approximate surface area is 187 Å². The lowest BCUT2D eigenvalue weighted by Gasteiger charge is -2.21. The molecule has 4 rings (SSSR count). The number of hydrogen-bond donors (Lipinski definition) is 2. The summed E-state index contributed by atoms with van der Waals surface area (Å²) in [5.41, 5.74) is 2.91. The monoisotopic (exact) mass is 423 g/mol. The lowest BCUT2D eigenvalue weighted by molar-refractivity contribution is -0.114. The number of fused-ring (bicyclic) bond motifs is 1. The summed E-state index contributed by atoms with van der Waals surface area (Å²) < 4.78 is 0. The number of rotatable bonds is 7. The van der Waals surface area contributed by atoms with Crippen LogP contribution >= 0.6 is 0 Å². The zero-order chi connectivity index (χ0) is 22.3. The Morgan fingerprint density at radius 2 is 1.53 bits per heavy atom. The van der Waals surface area contributed by atoms with E-state index in [1.54, 1.807) is 17.0 Å². The maximum absolute atomic E-state index is 13.1. The van der Waals surface area contributed by atoms with Gasteiger partial charge in [0.2, 0.25) is 5.91 Å². The molecule has 0 heterocycles. The predicted molar refractivity (Wildman–Crippen MR) is 131 cm³/mol. The molecule has 5 heteroatoms. The molecule has 4 aromatic rings. The van der Waals surface area contributed by atoms with E-state index in [1.807, 2.05) is 91.9 Å². The highest BCUT2D eigenvalue weighted by Crippen LogP contribution is 2.23. The average molecular weight is 424 g/mol. The zero-order valence-electron chi connectivity index (χ0n) is 17.9. The number of carbonyl (C=O) groups is 2. The summed E-state index contributed by atoms with van der Waals surface area (Å²) in [5.74, 6) is -0.236. The minimum atomic E-state index is -0.155. The highest BCUT2D eigenvalue weighted by atomic mass is 16.2. The highest BCUT2D eigenvalue weighted by molar-refractivity contribution is 6.07. The van der Waals surface area contributed by atoms with Crippen LogP contribution in [0.4, 0.5) is 17.1 Å². The van der Waals surface area contributed by atoms with E-state index in [9.17, 15) is 9.59 Å². The summed E-state index contributed by atoms with van der Waals surface area (Å²) in [6, 6.07) is 30.6. The SMILES string of the molecule is CCN(C(=O)c1cccc(NCC(=O)Nc2cccc3ccccc23)c1)c1ccccc1. The molecular formula is C27H25N3O2. The van der Waals surface area contributed by atoms with Crippen LogP contribution in [0.15, 0.2) is 97.1 Å². The lowest BCUT2D eigenvalue weighted by atomic mass is 10.1. The van der Waals surface area contributed by atoms with Gasteiger partial charge in [-0.2, -0.15) is 0 Å². The first-order valence-corrected chi connectivity index (χ1v) is 10.6. The second-order valence-corrected chi connectivity index (χ2v) is 7.39. The van der Waals surface area contributed by atoms with Crippen LogP contribution in [0.5, 0.6) is 0 Å². The standard InChI is InChI=1S/C27H25N3O2/c1-2-30(23-14-4-3-5-15-23)27(32)21-12-8-13-22(18-21)28-19-26(31)29-25-17-9-11-20-10-6-7-16-24(20)25/h3-18,28H,2,19H2,1H3,(H,29,31). The van der Waals surface area contributed by atoms with Crippen molar-refractivity contribution < 1.29 is 9.59 Å². The van der Waals surface area contributed by atoms with Crippen LogP contribution in [-0.4, -0.2) is 24.9 Å². The fourth-order valence-corrected chi connectivity index (χ4v) is 3.68. The molecule has 0 fully saturated rings. The summed E-state index contributed by atoms with van der Waals surface area (Å²) in [5, 5.41) is 8.16.